The molecular weight excluding hydrogens is 248 g/mol. The maximum atomic E-state index is 11.3. The van der Waals surface area contributed by atoms with Crippen LogP contribution < -0.4 is 10.6 Å². The molecule has 0 radical (unpaired) electrons. The third-order valence-corrected chi connectivity index (χ3v) is 3.24. The topological polar surface area (TPSA) is 98.7 Å². The van der Waals surface area contributed by atoms with E-state index in [4.69, 9.17) is 5.11 Å². The van der Waals surface area contributed by atoms with Crippen LogP contribution in [0.25, 0.3) is 0 Å². The van der Waals surface area contributed by atoms with Gasteiger partial charge in [-0.25, -0.2) is 0 Å². The lowest BCUT2D eigenvalue weighted by atomic mass is 9.97. The summed E-state index contributed by atoms with van der Waals surface area (Å²) in [4.78, 5) is 22.0. The minimum Gasteiger partial charge on any atom is -0.481 e. The number of fused-ring (bicyclic) bond motifs is 1. The number of benzene rings is 1. The van der Waals surface area contributed by atoms with Crippen LogP contribution >= 0.6 is 0 Å². The summed E-state index contributed by atoms with van der Waals surface area (Å²) in [6, 6.07) is 4.60. The van der Waals surface area contributed by atoms with E-state index in [0.29, 0.717) is 12.0 Å². The lowest BCUT2D eigenvalue weighted by molar-refractivity contribution is -0.138. The van der Waals surface area contributed by atoms with Gasteiger partial charge >= 0.3 is 5.97 Å². The molecule has 1 aromatic carbocycles. The molecule has 2 rings (SSSR count). The van der Waals surface area contributed by atoms with Crippen LogP contribution in [0.1, 0.15) is 23.7 Å². The summed E-state index contributed by atoms with van der Waals surface area (Å²) in [6.45, 7) is 0. The Bertz CT molecular complexity index is 515. The van der Waals surface area contributed by atoms with Crippen molar-refractivity contribution in [2.45, 2.75) is 25.0 Å². The highest BCUT2D eigenvalue weighted by Crippen LogP contribution is 2.28. The molecule has 2 atom stereocenters. The van der Waals surface area contributed by atoms with E-state index < -0.39 is 18.1 Å². The van der Waals surface area contributed by atoms with Crippen LogP contribution in [-0.4, -0.2) is 35.2 Å². The number of carboxylic acids is 1. The van der Waals surface area contributed by atoms with E-state index in [-0.39, 0.29) is 12.3 Å². The minimum absolute atomic E-state index is 0.0719. The van der Waals surface area contributed by atoms with E-state index in [1.54, 1.807) is 25.2 Å². The SMILES string of the molecule is CNC(CC(=O)O)C(O)c1ccc2c(c1)CC(=O)N2. The third-order valence-electron chi connectivity index (χ3n) is 3.24. The first-order valence-corrected chi connectivity index (χ1v) is 6.01. The zero-order chi connectivity index (χ0) is 14.0. The standard InChI is InChI=1S/C13H16N2O4/c1-14-10(6-12(17)18)13(19)7-2-3-9-8(4-7)5-11(16)15-9/h2-4,10,13-14,19H,5-6H2,1H3,(H,15,16)(H,17,18). The quantitative estimate of drug-likeness (QED) is 0.612. The molecule has 19 heavy (non-hydrogen) atoms. The lowest BCUT2D eigenvalue weighted by Crippen LogP contribution is -2.34. The number of hydrogen-bond donors (Lipinski definition) is 4. The van der Waals surface area contributed by atoms with E-state index in [1.165, 1.54) is 0 Å². The minimum atomic E-state index is -0.976. The number of amides is 1. The van der Waals surface area contributed by atoms with Gasteiger partial charge in [0.1, 0.15) is 0 Å². The number of carbonyl (C=O) groups is 2. The average molecular weight is 264 g/mol. The smallest absolute Gasteiger partial charge is 0.305 e. The fraction of sp³-hybridized carbons (Fsp3) is 0.385. The Labute approximate surface area is 110 Å². The molecule has 1 amide bonds. The molecule has 4 N–H and O–H groups in total. The van der Waals surface area contributed by atoms with Gasteiger partial charge in [-0.3, -0.25) is 9.59 Å². The van der Waals surface area contributed by atoms with Gasteiger partial charge in [-0.1, -0.05) is 12.1 Å². The molecule has 102 valence electrons. The second-order valence-electron chi connectivity index (χ2n) is 4.58. The van der Waals surface area contributed by atoms with Crippen molar-refractivity contribution < 1.29 is 19.8 Å². The van der Waals surface area contributed by atoms with Crippen LogP contribution in [0.2, 0.25) is 0 Å². The molecule has 0 saturated carbocycles. The molecular formula is C13H16N2O4. The Morgan fingerprint density at radius 1 is 1.53 bits per heavy atom. The molecule has 0 bridgehead atoms. The second kappa shape index (κ2) is 5.38. The normalized spacial score (nSPS) is 16.6. The van der Waals surface area contributed by atoms with Crippen LogP contribution in [0.5, 0.6) is 0 Å². The fourth-order valence-corrected chi connectivity index (χ4v) is 2.23. The first-order valence-electron chi connectivity index (χ1n) is 6.01. The van der Waals surface area contributed by atoms with Crippen molar-refractivity contribution in [1.82, 2.24) is 5.32 Å². The van der Waals surface area contributed by atoms with Crippen LogP contribution in [-0.2, 0) is 16.0 Å². The zero-order valence-corrected chi connectivity index (χ0v) is 10.5. The molecule has 1 heterocycles. The van der Waals surface area contributed by atoms with Gasteiger partial charge in [-0.2, -0.15) is 0 Å². The summed E-state index contributed by atoms with van der Waals surface area (Å²) in [5.74, 6) is -1.05. The maximum Gasteiger partial charge on any atom is 0.305 e. The van der Waals surface area contributed by atoms with Gasteiger partial charge in [0.15, 0.2) is 0 Å². The predicted molar refractivity (Wildman–Crippen MR) is 68.8 cm³/mol. The van der Waals surface area contributed by atoms with Crippen molar-refractivity contribution in [3.8, 4) is 0 Å². The van der Waals surface area contributed by atoms with Crippen molar-refractivity contribution in [3.05, 3.63) is 29.3 Å². The van der Waals surface area contributed by atoms with Gasteiger partial charge in [0.05, 0.1) is 18.9 Å². The fourth-order valence-electron chi connectivity index (χ4n) is 2.23. The number of aliphatic hydroxyl groups excluding tert-OH is 1. The van der Waals surface area contributed by atoms with E-state index in [2.05, 4.69) is 10.6 Å². The molecule has 1 aromatic rings. The van der Waals surface area contributed by atoms with Crippen LogP contribution in [0, 0.1) is 0 Å². The van der Waals surface area contributed by atoms with E-state index >= 15 is 0 Å². The van der Waals surface area contributed by atoms with Gasteiger partial charge in [0, 0.05) is 11.7 Å². The number of carbonyl (C=O) groups excluding carboxylic acids is 1. The number of nitrogens with one attached hydrogen (secondary N) is 2. The van der Waals surface area contributed by atoms with Gasteiger partial charge in [0.2, 0.25) is 5.91 Å². The highest BCUT2D eigenvalue weighted by molar-refractivity contribution is 5.99. The predicted octanol–water partition coefficient (Wildman–Crippen LogP) is 0.277. The highest BCUT2D eigenvalue weighted by Gasteiger charge is 2.24. The van der Waals surface area contributed by atoms with Crippen molar-refractivity contribution in [3.63, 3.8) is 0 Å². The summed E-state index contributed by atoms with van der Waals surface area (Å²) in [7, 11) is 1.61. The molecule has 0 aliphatic carbocycles. The van der Waals surface area contributed by atoms with Crippen molar-refractivity contribution >= 4 is 17.6 Å². The number of hydrogen-bond acceptors (Lipinski definition) is 4. The van der Waals surface area contributed by atoms with Crippen LogP contribution in [0.4, 0.5) is 5.69 Å². The van der Waals surface area contributed by atoms with Crippen molar-refractivity contribution in [2.75, 3.05) is 12.4 Å². The Hall–Kier alpha value is -1.92. The molecule has 1 aliphatic rings. The summed E-state index contributed by atoms with van der Waals surface area (Å²) >= 11 is 0. The zero-order valence-electron chi connectivity index (χ0n) is 10.5. The maximum absolute atomic E-state index is 11.3. The molecule has 6 heteroatoms. The van der Waals surface area contributed by atoms with Gasteiger partial charge < -0.3 is 20.8 Å². The summed E-state index contributed by atoms with van der Waals surface area (Å²) in [5.41, 5.74) is 2.18. The van der Waals surface area contributed by atoms with Crippen molar-refractivity contribution in [2.24, 2.45) is 0 Å². The number of anilines is 1. The average Bonchev–Trinajstić information content (AvgIpc) is 2.73. The van der Waals surface area contributed by atoms with Gasteiger partial charge in [-0.15, -0.1) is 0 Å². The Morgan fingerprint density at radius 2 is 2.26 bits per heavy atom. The largest absolute Gasteiger partial charge is 0.481 e. The Balaban J connectivity index is 2.19. The molecule has 0 saturated heterocycles. The summed E-state index contributed by atoms with van der Waals surface area (Å²) < 4.78 is 0. The number of rotatable bonds is 5. The monoisotopic (exact) mass is 264 g/mol. The first kappa shape index (κ1) is 13.5. The van der Waals surface area contributed by atoms with Crippen LogP contribution in [0.3, 0.4) is 0 Å². The van der Waals surface area contributed by atoms with Crippen molar-refractivity contribution in [1.29, 1.82) is 0 Å². The Morgan fingerprint density at radius 3 is 2.89 bits per heavy atom. The third kappa shape index (κ3) is 2.91. The van der Waals surface area contributed by atoms with E-state index in [1.807, 2.05) is 0 Å². The number of aliphatic hydroxyl groups is 1. The molecule has 0 spiro atoms. The second-order valence-corrected chi connectivity index (χ2v) is 4.58. The first-order chi connectivity index (χ1) is 9.01. The molecule has 6 nitrogen and oxygen atoms in total. The van der Waals surface area contributed by atoms with Gasteiger partial charge in [0.25, 0.3) is 0 Å². The lowest BCUT2D eigenvalue weighted by Gasteiger charge is -2.21. The summed E-state index contributed by atoms with van der Waals surface area (Å²) in [5, 5.41) is 24.5. The number of carboxylic acid groups (broad SMARTS) is 1. The van der Waals surface area contributed by atoms with Gasteiger partial charge in [-0.05, 0) is 24.2 Å². The number of likely N-dealkylation sites (N-methyl/N-ethyl adjacent to an activating group) is 1. The van der Waals surface area contributed by atoms with E-state index in [0.717, 1.165) is 11.3 Å². The molecule has 1 aliphatic heterocycles. The van der Waals surface area contributed by atoms with Crippen LogP contribution in [0.15, 0.2) is 18.2 Å². The molecule has 0 fully saturated rings. The molecule has 0 aromatic heterocycles. The number of aliphatic carboxylic acids is 1. The highest BCUT2D eigenvalue weighted by atomic mass is 16.4. The Kier molecular flexibility index (Phi) is 3.82. The molecule has 2 unspecified atom stereocenters. The van der Waals surface area contributed by atoms with E-state index in [9.17, 15) is 14.7 Å². The summed E-state index contributed by atoms with van der Waals surface area (Å²) in [6.07, 6.45) is -0.813.